The van der Waals surface area contributed by atoms with Crippen molar-refractivity contribution in [1.82, 2.24) is 0 Å². The molecule has 0 amide bonds. The van der Waals surface area contributed by atoms with Gasteiger partial charge in [0.1, 0.15) is 0 Å². The van der Waals surface area contributed by atoms with Crippen molar-refractivity contribution in [2.75, 3.05) is 0 Å². The highest BCUT2D eigenvalue weighted by atomic mass is 16.3. The van der Waals surface area contributed by atoms with Gasteiger partial charge in [-0.2, -0.15) is 0 Å². The fourth-order valence-electron chi connectivity index (χ4n) is 7.59. The monoisotopic (exact) mass is 396 g/mol. The van der Waals surface area contributed by atoms with Crippen LogP contribution in [0, 0.1) is 46.3 Å². The SMILES string of the molecule is CC(C)[C@@H](C)/C=C/[C@@H](C)C1CCC2C3=CC=C4CC(O)CC[C@@]4(C)[C@H]3CCC21C. The van der Waals surface area contributed by atoms with Crippen molar-refractivity contribution >= 4 is 0 Å². The molecule has 1 heteroatoms. The Balaban J connectivity index is 1.57. The van der Waals surface area contributed by atoms with Crippen LogP contribution >= 0.6 is 0 Å². The zero-order chi connectivity index (χ0) is 21.0. The van der Waals surface area contributed by atoms with Gasteiger partial charge < -0.3 is 5.11 Å². The first kappa shape index (κ1) is 21.4. The van der Waals surface area contributed by atoms with E-state index in [9.17, 15) is 5.11 Å². The van der Waals surface area contributed by atoms with Crippen molar-refractivity contribution in [3.63, 3.8) is 0 Å². The standard InChI is InChI=1S/C28H44O/c1-18(2)19(3)7-8-20(4)24-11-12-25-23-10-9-21-17-22(29)13-15-27(21,5)26(23)14-16-28(24,25)6/h7-10,18-20,22,24-26,29H,11-17H2,1-6H3/b8-7+/t19-,20+,22?,24?,25?,26-,27+,28?/m0/s1. The van der Waals surface area contributed by atoms with E-state index in [1.54, 1.807) is 5.57 Å². The molecular weight excluding hydrogens is 352 g/mol. The molecule has 0 radical (unpaired) electrons. The number of hydrogen-bond donors (Lipinski definition) is 1. The third-order valence-electron chi connectivity index (χ3n) is 10.0. The summed E-state index contributed by atoms with van der Waals surface area (Å²) in [5.74, 6) is 4.38. The maximum Gasteiger partial charge on any atom is 0.0578 e. The zero-order valence-corrected chi connectivity index (χ0v) is 19.7. The molecule has 3 saturated carbocycles. The summed E-state index contributed by atoms with van der Waals surface area (Å²) in [6.45, 7) is 14.6. The molecule has 0 saturated heterocycles. The predicted octanol–water partition coefficient (Wildman–Crippen LogP) is 7.33. The Bertz CT molecular complexity index is 712. The van der Waals surface area contributed by atoms with Gasteiger partial charge in [-0.25, -0.2) is 0 Å². The number of aliphatic hydroxyl groups is 1. The average molecular weight is 397 g/mol. The van der Waals surface area contributed by atoms with Crippen molar-refractivity contribution in [2.45, 2.75) is 92.6 Å². The molecule has 0 bridgehead atoms. The highest BCUT2D eigenvalue weighted by Gasteiger charge is 2.56. The molecule has 0 heterocycles. The van der Waals surface area contributed by atoms with Crippen LogP contribution in [0.5, 0.6) is 0 Å². The van der Waals surface area contributed by atoms with E-state index < -0.39 is 0 Å². The summed E-state index contributed by atoms with van der Waals surface area (Å²) >= 11 is 0. The maximum absolute atomic E-state index is 10.2. The van der Waals surface area contributed by atoms with Gasteiger partial charge in [-0.15, -0.1) is 0 Å². The summed E-state index contributed by atoms with van der Waals surface area (Å²) in [7, 11) is 0. The fourth-order valence-corrected chi connectivity index (χ4v) is 7.59. The molecule has 1 N–H and O–H groups in total. The van der Waals surface area contributed by atoms with Gasteiger partial charge >= 0.3 is 0 Å². The normalized spacial score (nSPS) is 44.0. The Hall–Kier alpha value is -0.820. The predicted molar refractivity (Wildman–Crippen MR) is 123 cm³/mol. The molecule has 0 aromatic carbocycles. The summed E-state index contributed by atoms with van der Waals surface area (Å²) in [6.07, 6.45) is 18.4. The minimum atomic E-state index is -0.116. The molecule has 3 fully saturated rings. The average Bonchev–Trinajstić information content (AvgIpc) is 3.03. The Kier molecular flexibility index (Phi) is 5.69. The molecule has 1 nitrogen and oxygen atoms in total. The van der Waals surface area contributed by atoms with Crippen LogP contribution in [0.1, 0.15) is 86.5 Å². The molecular formula is C28H44O. The minimum absolute atomic E-state index is 0.116. The molecule has 162 valence electrons. The molecule has 4 aliphatic rings. The summed E-state index contributed by atoms with van der Waals surface area (Å²) in [5.41, 5.74) is 4.07. The molecule has 0 aromatic heterocycles. The van der Waals surface area contributed by atoms with E-state index >= 15 is 0 Å². The van der Waals surface area contributed by atoms with Gasteiger partial charge in [0.15, 0.2) is 0 Å². The lowest BCUT2D eigenvalue weighted by atomic mass is 9.50. The topological polar surface area (TPSA) is 20.2 Å². The van der Waals surface area contributed by atoms with Gasteiger partial charge in [-0.3, -0.25) is 0 Å². The van der Waals surface area contributed by atoms with Crippen LogP contribution in [-0.2, 0) is 0 Å². The van der Waals surface area contributed by atoms with E-state index in [2.05, 4.69) is 65.8 Å². The lowest BCUT2D eigenvalue weighted by molar-refractivity contribution is 0.0382. The van der Waals surface area contributed by atoms with Crippen LogP contribution < -0.4 is 0 Å². The summed E-state index contributed by atoms with van der Waals surface area (Å²) in [5, 5.41) is 10.2. The van der Waals surface area contributed by atoms with Crippen LogP contribution in [0.3, 0.4) is 0 Å². The summed E-state index contributed by atoms with van der Waals surface area (Å²) < 4.78 is 0. The molecule has 4 rings (SSSR count). The smallest absolute Gasteiger partial charge is 0.0578 e. The number of rotatable bonds is 4. The van der Waals surface area contributed by atoms with Crippen molar-refractivity contribution < 1.29 is 5.11 Å². The molecule has 0 aliphatic heterocycles. The van der Waals surface area contributed by atoms with Crippen LogP contribution in [0.4, 0.5) is 0 Å². The largest absolute Gasteiger partial charge is 0.393 e. The zero-order valence-electron chi connectivity index (χ0n) is 19.7. The number of allylic oxidation sites excluding steroid dienone is 5. The fraction of sp³-hybridized carbons (Fsp3) is 0.786. The summed E-state index contributed by atoms with van der Waals surface area (Å²) in [6, 6.07) is 0. The van der Waals surface area contributed by atoms with Crippen LogP contribution in [0.2, 0.25) is 0 Å². The Labute approximate surface area is 179 Å². The Morgan fingerprint density at radius 2 is 1.69 bits per heavy atom. The maximum atomic E-state index is 10.2. The first-order valence-corrected chi connectivity index (χ1v) is 12.4. The number of aliphatic hydroxyl groups excluding tert-OH is 1. The van der Waals surface area contributed by atoms with E-state index in [-0.39, 0.29) is 6.10 Å². The first-order valence-electron chi connectivity index (χ1n) is 12.4. The third-order valence-corrected chi connectivity index (χ3v) is 10.0. The van der Waals surface area contributed by atoms with Gasteiger partial charge in [0.05, 0.1) is 6.10 Å². The molecule has 29 heavy (non-hydrogen) atoms. The van der Waals surface area contributed by atoms with Crippen LogP contribution in [-0.4, -0.2) is 11.2 Å². The van der Waals surface area contributed by atoms with Gasteiger partial charge in [0.2, 0.25) is 0 Å². The minimum Gasteiger partial charge on any atom is -0.393 e. The van der Waals surface area contributed by atoms with Crippen LogP contribution in [0.25, 0.3) is 0 Å². The van der Waals surface area contributed by atoms with Gasteiger partial charge in [0, 0.05) is 0 Å². The van der Waals surface area contributed by atoms with Gasteiger partial charge in [0.25, 0.3) is 0 Å². The number of fused-ring (bicyclic) bond motifs is 5. The van der Waals surface area contributed by atoms with E-state index in [0.29, 0.717) is 22.7 Å². The molecule has 0 aromatic rings. The van der Waals surface area contributed by atoms with Gasteiger partial charge in [-0.1, -0.05) is 77.0 Å². The van der Waals surface area contributed by atoms with Crippen molar-refractivity contribution in [3.05, 3.63) is 35.5 Å². The Morgan fingerprint density at radius 3 is 2.41 bits per heavy atom. The van der Waals surface area contributed by atoms with E-state index in [4.69, 9.17) is 0 Å². The second kappa shape index (κ2) is 7.70. The molecule has 8 atom stereocenters. The van der Waals surface area contributed by atoms with Crippen molar-refractivity contribution in [2.24, 2.45) is 46.3 Å². The highest BCUT2D eigenvalue weighted by Crippen LogP contribution is 2.65. The second-order valence-corrected chi connectivity index (χ2v) is 11.9. The first-order chi connectivity index (χ1) is 13.7. The lowest BCUT2D eigenvalue weighted by Crippen LogP contribution is -2.46. The van der Waals surface area contributed by atoms with E-state index in [1.165, 1.54) is 37.7 Å². The quantitative estimate of drug-likeness (QED) is 0.493. The summed E-state index contributed by atoms with van der Waals surface area (Å²) in [4.78, 5) is 0. The Morgan fingerprint density at radius 1 is 0.931 bits per heavy atom. The highest BCUT2D eigenvalue weighted by molar-refractivity contribution is 5.39. The third kappa shape index (κ3) is 3.50. The molecule has 0 spiro atoms. The van der Waals surface area contributed by atoms with Crippen molar-refractivity contribution in [3.8, 4) is 0 Å². The van der Waals surface area contributed by atoms with Crippen LogP contribution in [0.15, 0.2) is 35.5 Å². The molecule has 4 aliphatic carbocycles. The second-order valence-electron chi connectivity index (χ2n) is 11.9. The number of hydrogen-bond acceptors (Lipinski definition) is 1. The van der Waals surface area contributed by atoms with E-state index in [0.717, 1.165) is 36.5 Å². The molecule has 4 unspecified atom stereocenters. The van der Waals surface area contributed by atoms with E-state index in [1.807, 2.05) is 0 Å². The lowest BCUT2D eigenvalue weighted by Gasteiger charge is -2.55. The van der Waals surface area contributed by atoms with Crippen molar-refractivity contribution in [1.29, 1.82) is 0 Å². The van der Waals surface area contributed by atoms with Gasteiger partial charge in [-0.05, 0) is 91.3 Å².